The Hall–Kier alpha value is -2.56. The maximum absolute atomic E-state index is 12.1. The van der Waals surface area contributed by atoms with Crippen LogP contribution in [0.2, 0.25) is 0 Å². The summed E-state index contributed by atoms with van der Waals surface area (Å²) in [6.45, 7) is 4.27. The Morgan fingerprint density at radius 2 is 1.73 bits per heavy atom. The lowest BCUT2D eigenvalue weighted by molar-refractivity contribution is 0.0827. The van der Waals surface area contributed by atoms with E-state index < -0.39 is 0 Å². The summed E-state index contributed by atoms with van der Waals surface area (Å²) in [6.07, 6.45) is 1.12. The zero-order chi connectivity index (χ0) is 20.4. The van der Waals surface area contributed by atoms with Gasteiger partial charge in [-0.2, -0.15) is 0 Å². The molecule has 1 amide bonds. The highest BCUT2D eigenvalue weighted by molar-refractivity contribution is 5.94. The van der Waals surface area contributed by atoms with Crippen molar-refractivity contribution in [3.8, 4) is 0 Å². The van der Waals surface area contributed by atoms with Crippen molar-refractivity contribution in [3.05, 3.63) is 77.9 Å². The normalized spacial score (nSPS) is 16.9. The summed E-state index contributed by atoms with van der Waals surface area (Å²) in [5.41, 5.74) is 3.27. The van der Waals surface area contributed by atoms with E-state index in [9.17, 15) is 4.79 Å². The molecule has 5 heteroatoms. The van der Waals surface area contributed by atoms with Crippen molar-refractivity contribution in [1.82, 2.24) is 10.2 Å². The molecule has 0 radical (unpaired) electrons. The van der Waals surface area contributed by atoms with Crippen molar-refractivity contribution in [3.63, 3.8) is 0 Å². The Balaban J connectivity index is 0.00000256. The smallest absolute Gasteiger partial charge is 0.253 e. The van der Waals surface area contributed by atoms with Gasteiger partial charge in [0.05, 0.1) is 0 Å². The molecule has 1 N–H and O–H groups in total. The number of fused-ring (bicyclic) bond motifs is 1. The summed E-state index contributed by atoms with van der Waals surface area (Å²) in [6, 6.07) is 23.9. The maximum atomic E-state index is 12.1. The van der Waals surface area contributed by atoms with E-state index in [-0.39, 0.29) is 18.3 Å². The van der Waals surface area contributed by atoms with Crippen molar-refractivity contribution in [1.29, 1.82) is 0 Å². The van der Waals surface area contributed by atoms with Gasteiger partial charge in [-0.25, -0.2) is 0 Å². The topological polar surface area (TPSA) is 35.6 Å². The minimum absolute atomic E-state index is 0. The lowest BCUT2D eigenvalue weighted by atomic mass is 9.99. The van der Waals surface area contributed by atoms with Crippen molar-refractivity contribution in [2.24, 2.45) is 0 Å². The Morgan fingerprint density at radius 3 is 2.47 bits per heavy atom. The standard InChI is InChI=1S/C25H29N3O.ClH/c1-18(23-10-6-8-19-7-4-5-9-24(19)23)26-21-15-16-28(17-21)22-13-11-20(12-14-22)25(29)27(2)3;/h4-14,18,21,26H,15-17H2,1-3H3;1H/t18-,21+;/m1./s1. The Kier molecular flexibility index (Phi) is 7.01. The Morgan fingerprint density at radius 1 is 1.03 bits per heavy atom. The van der Waals surface area contributed by atoms with Gasteiger partial charge in [0.1, 0.15) is 0 Å². The summed E-state index contributed by atoms with van der Waals surface area (Å²) in [5.74, 6) is 0.0430. The minimum Gasteiger partial charge on any atom is -0.370 e. The second-order valence-corrected chi connectivity index (χ2v) is 8.13. The molecule has 3 aromatic rings. The van der Waals surface area contributed by atoms with Crippen LogP contribution in [0, 0.1) is 0 Å². The van der Waals surface area contributed by atoms with Crippen LogP contribution in [0.5, 0.6) is 0 Å². The highest BCUT2D eigenvalue weighted by Gasteiger charge is 2.24. The number of nitrogens with one attached hydrogen (secondary N) is 1. The van der Waals surface area contributed by atoms with Crippen LogP contribution in [-0.4, -0.2) is 44.0 Å². The maximum Gasteiger partial charge on any atom is 0.253 e. The molecule has 1 aliphatic rings. The molecule has 3 aromatic carbocycles. The molecule has 0 bridgehead atoms. The van der Waals surface area contributed by atoms with E-state index in [0.717, 1.165) is 25.1 Å². The van der Waals surface area contributed by atoms with Gasteiger partial charge in [0.15, 0.2) is 0 Å². The highest BCUT2D eigenvalue weighted by Crippen LogP contribution is 2.27. The number of benzene rings is 3. The first kappa shape index (κ1) is 22.1. The van der Waals surface area contributed by atoms with Crippen molar-refractivity contribution in [2.75, 3.05) is 32.1 Å². The van der Waals surface area contributed by atoms with E-state index in [1.54, 1.807) is 19.0 Å². The van der Waals surface area contributed by atoms with Crippen LogP contribution in [0.25, 0.3) is 10.8 Å². The lowest BCUT2D eigenvalue weighted by Crippen LogP contribution is -2.34. The molecule has 1 aliphatic heterocycles. The molecule has 30 heavy (non-hydrogen) atoms. The Bertz CT molecular complexity index is 997. The molecule has 0 saturated carbocycles. The van der Waals surface area contributed by atoms with Gasteiger partial charge in [0.25, 0.3) is 5.91 Å². The second kappa shape index (κ2) is 9.50. The molecule has 0 unspecified atom stereocenters. The number of halogens is 1. The fraction of sp³-hybridized carbons (Fsp3) is 0.320. The van der Waals surface area contributed by atoms with Gasteiger partial charge in [0.2, 0.25) is 0 Å². The number of carbonyl (C=O) groups is 1. The largest absolute Gasteiger partial charge is 0.370 e. The number of amides is 1. The van der Waals surface area contributed by atoms with E-state index in [0.29, 0.717) is 12.1 Å². The molecule has 1 saturated heterocycles. The van der Waals surface area contributed by atoms with Crippen molar-refractivity contribution < 1.29 is 4.79 Å². The molecule has 0 aromatic heterocycles. The minimum atomic E-state index is 0. The summed E-state index contributed by atoms with van der Waals surface area (Å²) < 4.78 is 0. The van der Waals surface area contributed by atoms with Crippen molar-refractivity contribution in [2.45, 2.75) is 25.4 Å². The number of rotatable bonds is 5. The van der Waals surface area contributed by atoms with Crippen LogP contribution in [0.15, 0.2) is 66.7 Å². The van der Waals surface area contributed by atoms with Crippen LogP contribution in [0.1, 0.15) is 35.3 Å². The highest BCUT2D eigenvalue weighted by atomic mass is 35.5. The molecule has 1 heterocycles. The van der Waals surface area contributed by atoms with Gasteiger partial charge >= 0.3 is 0 Å². The summed E-state index contributed by atoms with van der Waals surface area (Å²) in [4.78, 5) is 16.1. The van der Waals surface area contributed by atoms with Crippen molar-refractivity contribution >= 4 is 34.8 Å². The molecule has 0 aliphatic carbocycles. The monoisotopic (exact) mass is 423 g/mol. The summed E-state index contributed by atoms with van der Waals surface area (Å²) >= 11 is 0. The third kappa shape index (κ3) is 4.61. The number of hydrogen-bond donors (Lipinski definition) is 1. The van der Waals surface area contributed by atoms with Gasteiger partial charge < -0.3 is 15.1 Å². The van der Waals surface area contributed by atoms with E-state index >= 15 is 0 Å². The fourth-order valence-electron chi connectivity index (χ4n) is 4.28. The lowest BCUT2D eigenvalue weighted by Gasteiger charge is -2.23. The van der Waals surface area contributed by atoms with Gasteiger partial charge in [-0.05, 0) is 53.9 Å². The second-order valence-electron chi connectivity index (χ2n) is 8.13. The zero-order valence-electron chi connectivity index (χ0n) is 17.8. The van der Waals surface area contributed by atoms with E-state index in [4.69, 9.17) is 0 Å². The van der Waals surface area contributed by atoms with Gasteiger partial charge in [0, 0.05) is 50.5 Å². The molecule has 158 valence electrons. The number of carbonyl (C=O) groups excluding carboxylic acids is 1. The van der Waals surface area contributed by atoms with Crippen LogP contribution < -0.4 is 10.2 Å². The first-order chi connectivity index (χ1) is 14.0. The fourth-order valence-corrected chi connectivity index (χ4v) is 4.28. The van der Waals surface area contributed by atoms with Gasteiger partial charge in [-0.3, -0.25) is 4.79 Å². The summed E-state index contributed by atoms with van der Waals surface area (Å²) in [5, 5.41) is 6.44. The first-order valence-corrected chi connectivity index (χ1v) is 10.3. The molecular formula is C25H30ClN3O. The molecule has 4 rings (SSSR count). The quantitative estimate of drug-likeness (QED) is 0.634. The van der Waals surface area contributed by atoms with E-state index in [1.165, 1.54) is 22.0 Å². The zero-order valence-corrected chi connectivity index (χ0v) is 18.7. The van der Waals surface area contributed by atoms with Crippen LogP contribution in [0.4, 0.5) is 5.69 Å². The molecule has 1 fully saturated rings. The number of anilines is 1. The van der Waals surface area contributed by atoms with Gasteiger partial charge in [-0.15, -0.1) is 12.4 Å². The predicted molar refractivity (Wildman–Crippen MR) is 128 cm³/mol. The third-order valence-electron chi connectivity index (χ3n) is 5.85. The Labute approximate surface area is 185 Å². The van der Waals surface area contributed by atoms with E-state index in [1.807, 2.05) is 12.1 Å². The van der Waals surface area contributed by atoms with Crippen LogP contribution in [-0.2, 0) is 0 Å². The third-order valence-corrected chi connectivity index (χ3v) is 5.85. The number of hydrogen-bond acceptors (Lipinski definition) is 3. The predicted octanol–water partition coefficient (Wildman–Crippen LogP) is 4.89. The average Bonchev–Trinajstić information content (AvgIpc) is 3.21. The average molecular weight is 424 g/mol. The molecular weight excluding hydrogens is 394 g/mol. The van der Waals surface area contributed by atoms with Gasteiger partial charge in [-0.1, -0.05) is 42.5 Å². The van der Waals surface area contributed by atoms with Crippen LogP contribution >= 0.6 is 12.4 Å². The molecule has 0 spiro atoms. The first-order valence-electron chi connectivity index (χ1n) is 10.3. The summed E-state index contributed by atoms with van der Waals surface area (Å²) in [7, 11) is 3.56. The van der Waals surface area contributed by atoms with E-state index in [2.05, 4.69) is 71.7 Å². The molecule has 4 nitrogen and oxygen atoms in total. The SMILES string of the molecule is C[C@@H](N[C@H]1CCN(c2ccc(C(=O)N(C)C)cc2)C1)c1cccc2ccccc12.Cl. The molecule has 2 atom stereocenters. The number of nitrogens with zero attached hydrogens (tertiary/aromatic N) is 2. The van der Waals surface area contributed by atoms with Crippen LogP contribution in [0.3, 0.4) is 0 Å².